The van der Waals surface area contributed by atoms with Crippen molar-refractivity contribution in [3.63, 3.8) is 0 Å². The van der Waals surface area contributed by atoms with Crippen molar-refractivity contribution >= 4 is 17.7 Å². The Balaban J connectivity index is 1.62. The van der Waals surface area contributed by atoms with Crippen LogP contribution in [0.4, 0.5) is 0 Å². The molecule has 0 aliphatic carbocycles. The summed E-state index contributed by atoms with van der Waals surface area (Å²) in [5.41, 5.74) is 2.15. The largest absolute Gasteiger partial charge is 0.462 e. The Morgan fingerprint density at radius 1 is 0.562 bits per heavy atom. The minimum Gasteiger partial charge on any atom is -0.462 e. The van der Waals surface area contributed by atoms with E-state index in [1.807, 2.05) is 78.9 Å². The zero-order valence-electron chi connectivity index (χ0n) is 41.3. The summed E-state index contributed by atoms with van der Waals surface area (Å²) in [6.07, 6.45) is 41.2. The average molecular weight is 880 g/mol. The summed E-state index contributed by atoms with van der Waals surface area (Å²) >= 11 is 0. The molecule has 1 atom stereocenters. The van der Waals surface area contributed by atoms with Crippen LogP contribution in [0.2, 0.25) is 0 Å². The number of unbranched alkanes of at least 4 members (excludes halogenated alkanes) is 12. The Labute approximate surface area is 391 Å². The average Bonchev–Trinajstić information content (AvgIpc) is 3.25. The monoisotopic (exact) mass is 880 g/mol. The summed E-state index contributed by atoms with van der Waals surface area (Å²) in [5, 5.41) is 0. The van der Waals surface area contributed by atoms with Crippen molar-refractivity contribution in [2.75, 3.05) is 20.6 Å². The van der Waals surface area contributed by atoms with E-state index < -0.39 is 0 Å². The molecule has 0 heterocycles. The summed E-state index contributed by atoms with van der Waals surface area (Å²) in [6.45, 7) is 10.5. The van der Waals surface area contributed by atoms with Crippen molar-refractivity contribution < 1.29 is 23.9 Å². The SMILES string of the molecule is CN(C)CCC(C)(C)CC(C)(C)CC(=O)OC(CCCCCCCC/C=C\C/C=C\CC(=O)Cc1ccccc1)CCCCCCCC/C=C\C/C=C\CC(=O)OCc1ccccc1. The molecule has 0 saturated heterocycles. The number of hydrogen-bond acceptors (Lipinski definition) is 6. The number of ether oxygens (including phenoxy) is 2. The molecule has 0 aliphatic heterocycles. The van der Waals surface area contributed by atoms with E-state index in [0.717, 1.165) is 81.9 Å². The lowest BCUT2D eigenvalue weighted by atomic mass is 9.72. The number of benzene rings is 2. The van der Waals surface area contributed by atoms with Gasteiger partial charge in [0.25, 0.3) is 0 Å². The van der Waals surface area contributed by atoms with E-state index in [2.05, 4.69) is 77.1 Å². The van der Waals surface area contributed by atoms with Crippen LogP contribution in [0, 0.1) is 10.8 Å². The Morgan fingerprint density at radius 2 is 1.05 bits per heavy atom. The second-order valence-corrected chi connectivity index (χ2v) is 19.9. The number of carbonyl (C=O) groups is 3. The highest BCUT2D eigenvalue weighted by molar-refractivity contribution is 5.82. The van der Waals surface area contributed by atoms with Gasteiger partial charge >= 0.3 is 11.9 Å². The number of Topliss-reactive ketones (excluding diaryl/α,β-unsaturated/α-hetero) is 1. The molecule has 356 valence electrons. The highest BCUT2D eigenvalue weighted by atomic mass is 16.5. The van der Waals surface area contributed by atoms with Gasteiger partial charge in [-0.25, -0.2) is 0 Å². The quantitative estimate of drug-likeness (QED) is 0.0380. The maximum Gasteiger partial charge on any atom is 0.309 e. The molecule has 2 rings (SSSR count). The van der Waals surface area contributed by atoms with Gasteiger partial charge in [-0.15, -0.1) is 0 Å². The normalized spacial score (nSPS) is 12.9. The predicted octanol–water partition coefficient (Wildman–Crippen LogP) is 15.3. The zero-order chi connectivity index (χ0) is 46.6. The van der Waals surface area contributed by atoms with Crippen LogP contribution in [0.15, 0.2) is 109 Å². The third-order valence-electron chi connectivity index (χ3n) is 11.7. The molecule has 2 aromatic rings. The number of hydrogen-bond donors (Lipinski definition) is 0. The first-order valence-electron chi connectivity index (χ1n) is 25.0. The van der Waals surface area contributed by atoms with Gasteiger partial charge in [-0.2, -0.15) is 0 Å². The summed E-state index contributed by atoms with van der Waals surface area (Å²) in [6, 6.07) is 19.7. The van der Waals surface area contributed by atoms with Gasteiger partial charge in [0.2, 0.25) is 0 Å². The van der Waals surface area contributed by atoms with Gasteiger partial charge in [-0.1, -0.05) is 188 Å². The Bertz CT molecular complexity index is 1620. The summed E-state index contributed by atoms with van der Waals surface area (Å²) in [7, 11) is 4.25. The van der Waals surface area contributed by atoms with Gasteiger partial charge < -0.3 is 14.4 Å². The number of nitrogens with zero attached hydrogens (tertiary/aromatic N) is 1. The molecule has 0 bridgehead atoms. The number of ketones is 1. The molecule has 0 radical (unpaired) electrons. The van der Waals surface area contributed by atoms with Crippen molar-refractivity contribution in [2.24, 2.45) is 10.8 Å². The first-order chi connectivity index (χ1) is 30.8. The van der Waals surface area contributed by atoms with Gasteiger partial charge in [-0.05, 0) is 120 Å². The van der Waals surface area contributed by atoms with Crippen LogP contribution in [-0.4, -0.2) is 49.4 Å². The number of esters is 2. The Morgan fingerprint density at radius 3 is 1.59 bits per heavy atom. The van der Waals surface area contributed by atoms with Gasteiger partial charge in [0.1, 0.15) is 18.5 Å². The van der Waals surface area contributed by atoms with Crippen LogP contribution in [-0.2, 0) is 36.9 Å². The first kappa shape index (κ1) is 56.1. The highest BCUT2D eigenvalue weighted by Gasteiger charge is 2.32. The smallest absolute Gasteiger partial charge is 0.309 e. The van der Waals surface area contributed by atoms with E-state index in [9.17, 15) is 14.4 Å². The van der Waals surface area contributed by atoms with Crippen molar-refractivity contribution in [3.8, 4) is 0 Å². The zero-order valence-corrected chi connectivity index (χ0v) is 41.3. The van der Waals surface area contributed by atoms with E-state index in [1.54, 1.807) is 0 Å². The molecule has 64 heavy (non-hydrogen) atoms. The summed E-state index contributed by atoms with van der Waals surface area (Å²) < 4.78 is 11.6. The van der Waals surface area contributed by atoms with Crippen LogP contribution in [0.1, 0.15) is 187 Å². The molecule has 0 spiro atoms. The van der Waals surface area contributed by atoms with Gasteiger partial charge in [0, 0.05) is 12.8 Å². The lowest BCUT2D eigenvalue weighted by molar-refractivity contribution is -0.152. The molecule has 0 amide bonds. The lowest BCUT2D eigenvalue weighted by Gasteiger charge is -2.35. The first-order valence-corrected chi connectivity index (χ1v) is 25.0. The third-order valence-corrected chi connectivity index (χ3v) is 11.7. The van der Waals surface area contributed by atoms with Gasteiger partial charge in [-0.3, -0.25) is 14.4 Å². The molecule has 0 saturated carbocycles. The molecular weight excluding hydrogens is 791 g/mol. The molecule has 0 aliphatic rings. The second-order valence-electron chi connectivity index (χ2n) is 19.9. The molecule has 0 N–H and O–H groups in total. The minimum atomic E-state index is -0.198. The molecule has 0 fully saturated rings. The maximum atomic E-state index is 13.4. The molecule has 1 unspecified atom stereocenters. The third kappa shape index (κ3) is 32.6. The van der Waals surface area contributed by atoms with Crippen LogP contribution in [0.3, 0.4) is 0 Å². The van der Waals surface area contributed by atoms with E-state index in [4.69, 9.17) is 9.47 Å². The lowest BCUT2D eigenvalue weighted by Crippen LogP contribution is -2.30. The van der Waals surface area contributed by atoms with Crippen LogP contribution in [0.5, 0.6) is 0 Å². The number of rotatable bonds is 38. The molecule has 0 aromatic heterocycles. The van der Waals surface area contributed by atoms with Crippen LogP contribution in [0.25, 0.3) is 0 Å². The highest BCUT2D eigenvalue weighted by Crippen LogP contribution is 2.39. The Kier molecular flexibility index (Phi) is 30.9. The topological polar surface area (TPSA) is 72.9 Å². The maximum absolute atomic E-state index is 13.4. The Hall–Kier alpha value is -4.03. The van der Waals surface area contributed by atoms with E-state index in [0.29, 0.717) is 32.3 Å². The fourth-order valence-electron chi connectivity index (χ4n) is 8.40. The minimum absolute atomic E-state index is 0.0188. The van der Waals surface area contributed by atoms with Crippen molar-refractivity contribution in [1.82, 2.24) is 4.90 Å². The van der Waals surface area contributed by atoms with Crippen molar-refractivity contribution in [2.45, 2.75) is 195 Å². The predicted molar refractivity (Wildman–Crippen MR) is 270 cm³/mol. The van der Waals surface area contributed by atoms with Gasteiger partial charge in [0.05, 0.1) is 12.8 Å². The van der Waals surface area contributed by atoms with E-state index >= 15 is 0 Å². The summed E-state index contributed by atoms with van der Waals surface area (Å²) in [5.74, 6) is 0.0336. The molecule has 6 nitrogen and oxygen atoms in total. The summed E-state index contributed by atoms with van der Waals surface area (Å²) in [4.78, 5) is 39.8. The van der Waals surface area contributed by atoms with Crippen molar-refractivity contribution in [1.29, 1.82) is 0 Å². The molecule has 2 aromatic carbocycles. The van der Waals surface area contributed by atoms with Crippen LogP contribution >= 0.6 is 0 Å². The molecular formula is C58H89NO5. The standard InChI is InChI=1S/C58H89NO5/c1-57(2,45-46-59(5)6)50-58(3,4)48-56(62)64-54(42-34-24-20-16-12-8-7-11-15-19-23-33-41-53(60)47-51-37-29-27-30-38-51)43-35-25-21-17-13-9-10-14-18-22-26-36-44-55(61)63-49-52-39-31-28-32-40-52/h11,14-15,18,23,26-33,36-40,54H,7-10,12-13,16-17,19-22,24-25,34-35,41-50H2,1-6H3/b15-11-,18-14-,33-23-,36-26-. The van der Waals surface area contributed by atoms with Crippen molar-refractivity contribution in [3.05, 3.63) is 120 Å². The fraction of sp³-hybridized carbons (Fsp3) is 0.603. The number of carbonyl (C=O) groups excluding carboxylic acids is 3. The fourth-order valence-corrected chi connectivity index (χ4v) is 8.40. The van der Waals surface area contributed by atoms with E-state index in [-0.39, 0.29) is 34.7 Å². The number of allylic oxidation sites excluding steroid dienone is 7. The second kappa shape index (κ2) is 35.3. The van der Waals surface area contributed by atoms with Gasteiger partial charge in [0.15, 0.2) is 0 Å². The molecule has 6 heteroatoms. The van der Waals surface area contributed by atoms with Crippen LogP contribution < -0.4 is 0 Å². The van der Waals surface area contributed by atoms with E-state index in [1.165, 1.54) is 64.2 Å².